The fraction of sp³-hybridized carbons (Fsp3) is 0.600. The van der Waals surface area contributed by atoms with Crippen LogP contribution in [-0.4, -0.2) is 54.7 Å². The molecule has 1 fully saturated rings. The van der Waals surface area contributed by atoms with Crippen LogP contribution in [0.15, 0.2) is 12.1 Å². The van der Waals surface area contributed by atoms with Crippen molar-refractivity contribution in [2.24, 2.45) is 0 Å². The minimum Gasteiger partial charge on any atom is -0.384 e. The molecular formula is C15H22N2OS. The lowest BCUT2D eigenvalue weighted by atomic mass is 10.1. The van der Waals surface area contributed by atoms with Crippen LogP contribution in [0.4, 0.5) is 0 Å². The van der Waals surface area contributed by atoms with Crippen LogP contribution in [-0.2, 0) is 6.54 Å². The van der Waals surface area contributed by atoms with Crippen molar-refractivity contribution in [3.63, 3.8) is 0 Å². The van der Waals surface area contributed by atoms with Gasteiger partial charge in [-0.1, -0.05) is 11.8 Å². The summed E-state index contributed by atoms with van der Waals surface area (Å²) in [6.07, 6.45) is 2.59. The average molecular weight is 278 g/mol. The molecule has 0 saturated carbocycles. The lowest BCUT2D eigenvalue weighted by molar-refractivity contribution is 0.130. The smallest absolute Gasteiger partial charge is 0.104 e. The summed E-state index contributed by atoms with van der Waals surface area (Å²) in [7, 11) is 4.41. The average Bonchev–Trinajstić information content (AvgIpc) is 2.84. The Bertz CT molecular complexity index is 460. The highest BCUT2D eigenvalue weighted by Crippen LogP contribution is 2.20. The molecular weight excluding hydrogens is 256 g/mol. The summed E-state index contributed by atoms with van der Waals surface area (Å²) in [4.78, 5) is 7.25. The number of aliphatic hydroxyl groups excluding tert-OH is 1. The van der Waals surface area contributed by atoms with Crippen molar-refractivity contribution in [2.75, 3.05) is 33.8 Å². The number of thiophene rings is 1. The van der Waals surface area contributed by atoms with E-state index in [1.54, 1.807) is 11.3 Å². The zero-order chi connectivity index (χ0) is 13.7. The number of likely N-dealkylation sites (tertiary alicyclic amines) is 1. The van der Waals surface area contributed by atoms with E-state index in [1.807, 2.05) is 6.07 Å². The van der Waals surface area contributed by atoms with Gasteiger partial charge in [-0.05, 0) is 45.6 Å². The summed E-state index contributed by atoms with van der Waals surface area (Å²) < 4.78 is 0. The van der Waals surface area contributed by atoms with Gasteiger partial charge in [0.2, 0.25) is 0 Å². The maximum Gasteiger partial charge on any atom is 0.104 e. The normalized spacial score (nSPS) is 20.3. The monoisotopic (exact) mass is 278 g/mol. The Balaban J connectivity index is 1.91. The summed E-state index contributed by atoms with van der Waals surface area (Å²) in [5.74, 6) is 5.66. The second-order valence-corrected chi connectivity index (χ2v) is 6.37. The van der Waals surface area contributed by atoms with Gasteiger partial charge in [0.25, 0.3) is 0 Å². The van der Waals surface area contributed by atoms with Crippen molar-refractivity contribution in [2.45, 2.75) is 25.4 Å². The molecule has 0 spiro atoms. The fourth-order valence-corrected chi connectivity index (χ4v) is 3.48. The summed E-state index contributed by atoms with van der Waals surface area (Å²) in [6, 6.07) is 4.85. The molecule has 0 aliphatic carbocycles. The van der Waals surface area contributed by atoms with Gasteiger partial charge in [-0.25, -0.2) is 0 Å². The number of likely N-dealkylation sites (N-methyl/N-ethyl adjacent to an activating group) is 2. The fourth-order valence-electron chi connectivity index (χ4n) is 2.53. The molecule has 1 N–H and O–H groups in total. The number of nitrogens with zero attached hydrogens (tertiary/aromatic N) is 2. The molecule has 19 heavy (non-hydrogen) atoms. The Kier molecular flexibility index (Phi) is 5.41. The third-order valence-electron chi connectivity index (χ3n) is 3.58. The topological polar surface area (TPSA) is 26.7 Å². The largest absolute Gasteiger partial charge is 0.384 e. The maximum absolute atomic E-state index is 8.69. The van der Waals surface area contributed by atoms with Crippen molar-refractivity contribution < 1.29 is 5.11 Å². The zero-order valence-electron chi connectivity index (χ0n) is 11.7. The van der Waals surface area contributed by atoms with Gasteiger partial charge in [0.15, 0.2) is 0 Å². The lowest BCUT2D eigenvalue weighted by Crippen LogP contribution is -2.44. The van der Waals surface area contributed by atoms with Gasteiger partial charge in [-0.2, -0.15) is 0 Å². The third kappa shape index (κ3) is 4.32. The SMILES string of the molecule is CN1CCCC(N(C)Cc2ccc(C#CCO)s2)C1. The number of hydrogen-bond acceptors (Lipinski definition) is 4. The summed E-state index contributed by atoms with van der Waals surface area (Å²) >= 11 is 1.73. The van der Waals surface area contributed by atoms with Gasteiger partial charge >= 0.3 is 0 Å². The standard InChI is InChI=1S/C15H22N2OS/c1-16-9-3-5-13(11-16)17(2)12-15-8-7-14(19-15)6-4-10-18/h7-8,13,18H,3,5,9-12H2,1-2H3. The van der Waals surface area contributed by atoms with Crippen molar-refractivity contribution in [3.8, 4) is 11.8 Å². The van der Waals surface area contributed by atoms with Gasteiger partial charge in [-0.3, -0.25) is 4.90 Å². The Morgan fingerprint density at radius 2 is 2.37 bits per heavy atom. The molecule has 0 amide bonds. The summed E-state index contributed by atoms with van der Waals surface area (Å²) in [5, 5.41) is 8.69. The van der Waals surface area contributed by atoms with E-state index in [1.165, 1.54) is 30.8 Å². The highest BCUT2D eigenvalue weighted by Gasteiger charge is 2.21. The van der Waals surface area contributed by atoms with Crippen LogP contribution in [0.1, 0.15) is 22.6 Å². The summed E-state index contributed by atoms with van der Waals surface area (Å²) in [5.41, 5.74) is 0. The van der Waals surface area contributed by atoms with E-state index in [9.17, 15) is 0 Å². The highest BCUT2D eigenvalue weighted by molar-refractivity contribution is 7.12. The van der Waals surface area contributed by atoms with Crippen LogP contribution in [0.3, 0.4) is 0 Å². The molecule has 1 aliphatic heterocycles. The Hall–Kier alpha value is -0.860. The van der Waals surface area contributed by atoms with Crippen LogP contribution < -0.4 is 0 Å². The number of aliphatic hydroxyl groups is 1. The highest BCUT2D eigenvalue weighted by atomic mass is 32.1. The molecule has 1 unspecified atom stereocenters. The zero-order valence-corrected chi connectivity index (χ0v) is 12.5. The first kappa shape index (κ1) is 14.5. The van der Waals surface area contributed by atoms with Crippen LogP contribution in [0.2, 0.25) is 0 Å². The Labute approximate surface area is 119 Å². The van der Waals surface area contributed by atoms with Crippen LogP contribution in [0, 0.1) is 11.8 Å². The second-order valence-electron chi connectivity index (χ2n) is 5.20. The molecule has 3 nitrogen and oxygen atoms in total. The van der Waals surface area contributed by atoms with E-state index in [0.717, 1.165) is 11.4 Å². The molecule has 104 valence electrons. The van der Waals surface area contributed by atoms with E-state index in [4.69, 9.17) is 5.11 Å². The van der Waals surface area contributed by atoms with Gasteiger partial charge in [-0.15, -0.1) is 11.3 Å². The molecule has 0 radical (unpaired) electrons. The van der Waals surface area contributed by atoms with E-state index >= 15 is 0 Å². The van der Waals surface area contributed by atoms with E-state index < -0.39 is 0 Å². The van der Waals surface area contributed by atoms with Gasteiger partial charge in [0, 0.05) is 24.0 Å². The van der Waals surface area contributed by atoms with Crippen molar-refractivity contribution in [3.05, 3.63) is 21.9 Å². The van der Waals surface area contributed by atoms with E-state index in [2.05, 4.69) is 41.8 Å². The maximum atomic E-state index is 8.69. The first-order valence-corrected chi connectivity index (χ1v) is 7.58. The van der Waals surface area contributed by atoms with Gasteiger partial charge in [0.1, 0.15) is 6.61 Å². The molecule has 1 atom stereocenters. The Morgan fingerprint density at radius 3 is 3.11 bits per heavy atom. The number of rotatable bonds is 3. The number of piperidine rings is 1. The Morgan fingerprint density at radius 1 is 1.53 bits per heavy atom. The predicted molar refractivity (Wildman–Crippen MR) is 80.3 cm³/mol. The van der Waals surface area contributed by atoms with Crippen molar-refractivity contribution in [1.82, 2.24) is 9.80 Å². The van der Waals surface area contributed by atoms with Crippen molar-refractivity contribution in [1.29, 1.82) is 0 Å². The van der Waals surface area contributed by atoms with Gasteiger partial charge in [0.05, 0.1) is 4.88 Å². The minimum atomic E-state index is -0.0679. The second kappa shape index (κ2) is 7.06. The molecule has 1 aromatic heterocycles. The third-order valence-corrected chi connectivity index (χ3v) is 4.57. The van der Waals surface area contributed by atoms with Crippen LogP contribution in [0.25, 0.3) is 0 Å². The molecule has 0 aromatic carbocycles. The van der Waals surface area contributed by atoms with Crippen LogP contribution in [0.5, 0.6) is 0 Å². The molecule has 1 saturated heterocycles. The molecule has 4 heteroatoms. The molecule has 1 aliphatic rings. The van der Waals surface area contributed by atoms with Crippen molar-refractivity contribution >= 4 is 11.3 Å². The predicted octanol–water partition coefficient (Wildman–Crippen LogP) is 1.62. The molecule has 2 heterocycles. The quantitative estimate of drug-likeness (QED) is 0.851. The number of hydrogen-bond donors (Lipinski definition) is 1. The lowest BCUT2D eigenvalue weighted by Gasteiger charge is -2.35. The van der Waals surface area contributed by atoms with E-state index in [-0.39, 0.29) is 6.61 Å². The minimum absolute atomic E-state index is 0.0679. The molecule has 1 aromatic rings. The summed E-state index contributed by atoms with van der Waals surface area (Å²) in [6.45, 7) is 3.31. The van der Waals surface area contributed by atoms with E-state index in [0.29, 0.717) is 6.04 Å². The molecule has 0 bridgehead atoms. The van der Waals surface area contributed by atoms with Gasteiger partial charge < -0.3 is 10.0 Å². The molecule has 2 rings (SSSR count). The first-order chi connectivity index (χ1) is 9.19. The first-order valence-electron chi connectivity index (χ1n) is 6.76. The van der Waals surface area contributed by atoms with Crippen LogP contribution >= 0.6 is 11.3 Å².